The minimum atomic E-state index is -3.80. The van der Waals surface area contributed by atoms with Gasteiger partial charge in [0.05, 0.1) is 26.4 Å². The molecule has 1 aliphatic rings. The third-order valence-corrected chi connectivity index (χ3v) is 6.05. The molecule has 1 fully saturated rings. The van der Waals surface area contributed by atoms with Crippen molar-refractivity contribution in [1.82, 2.24) is 14.7 Å². The van der Waals surface area contributed by atoms with Crippen LogP contribution in [0.25, 0.3) is 0 Å². The minimum absolute atomic E-state index is 0.0145. The molecule has 0 unspecified atom stereocenters. The van der Waals surface area contributed by atoms with Crippen LogP contribution in [0.5, 0.6) is 5.75 Å². The van der Waals surface area contributed by atoms with E-state index in [1.807, 2.05) is 13.0 Å². The summed E-state index contributed by atoms with van der Waals surface area (Å²) in [6.45, 7) is 6.81. The molecule has 2 heterocycles. The van der Waals surface area contributed by atoms with Crippen LogP contribution in [0.4, 0.5) is 5.82 Å². The summed E-state index contributed by atoms with van der Waals surface area (Å²) in [5.74, 6) is 1.50. The molecule has 3 rings (SSSR count). The van der Waals surface area contributed by atoms with Crippen LogP contribution in [0.2, 0.25) is 0 Å². The summed E-state index contributed by atoms with van der Waals surface area (Å²) in [7, 11) is -3.80. The topological polar surface area (TPSA) is 93.7 Å². The van der Waals surface area contributed by atoms with Gasteiger partial charge >= 0.3 is 0 Å². The van der Waals surface area contributed by atoms with E-state index in [0.717, 1.165) is 24.6 Å². The van der Waals surface area contributed by atoms with Gasteiger partial charge in [0.15, 0.2) is 0 Å². The highest BCUT2D eigenvalue weighted by molar-refractivity contribution is 9.10. The van der Waals surface area contributed by atoms with Gasteiger partial charge in [0.2, 0.25) is 10.0 Å². The zero-order valence-electron chi connectivity index (χ0n) is 15.8. The molecule has 0 bridgehead atoms. The number of halogens is 1. The van der Waals surface area contributed by atoms with Crippen molar-refractivity contribution < 1.29 is 17.9 Å². The summed E-state index contributed by atoms with van der Waals surface area (Å²) < 4.78 is 39.7. The van der Waals surface area contributed by atoms with E-state index < -0.39 is 10.0 Å². The number of nitrogens with one attached hydrogen (secondary N) is 1. The number of nitrogens with zero attached hydrogens (tertiary/aromatic N) is 3. The van der Waals surface area contributed by atoms with E-state index in [-0.39, 0.29) is 11.4 Å². The van der Waals surface area contributed by atoms with Gasteiger partial charge in [-0.05, 0) is 32.0 Å². The molecule has 1 aromatic carbocycles. The van der Waals surface area contributed by atoms with Crippen LogP contribution in [0, 0.1) is 6.92 Å². The summed E-state index contributed by atoms with van der Waals surface area (Å²) in [6.07, 6.45) is 0. The summed E-state index contributed by atoms with van der Waals surface area (Å²) in [4.78, 5) is 11.1. The molecule has 0 saturated carbocycles. The van der Waals surface area contributed by atoms with Crippen LogP contribution in [0.1, 0.15) is 18.4 Å². The predicted molar refractivity (Wildman–Crippen MR) is 109 cm³/mol. The lowest BCUT2D eigenvalue weighted by Crippen LogP contribution is -2.37. The van der Waals surface area contributed by atoms with E-state index in [0.29, 0.717) is 35.9 Å². The first-order valence-electron chi connectivity index (χ1n) is 8.98. The molecule has 1 aliphatic heterocycles. The van der Waals surface area contributed by atoms with E-state index in [4.69, 9.17) is 9.47 Å². The smallest absolute Gasteiger partial charge is 0.244 e. The number of rotatable bonds is 7. The van der Waals surface area contributed by atoms with Crippen molar-refractivity contribution in [2.24, 2.45) is 0 Å². The van der Waals surface area contributed by atoms with E-state index >= 15 is 0 Å². The van der Waals surface area contributed by atoms with Crippen molar-refractivity contribution in [3.63, 3.8) is 0 Å². The van der Waals surface area contributed by atoms with Gasteiger partial charge in [0, 0.05) is 29.3 Å². The summed E-state index contributed by atoms with van der Waals surface area (Å²) in [6, 6.07) is 6.78. The lowest BCUT2D eigenvalue weighted by molar-refractivity contribution is 0.122. The van der Waals surface area contributed by atoms with Crippen molar-refractivity contribution in [2.45, 2.75) is 25.3 Å². The van der Waals surface area contributed by atoms with Gasteiger partial charge < -0.3 is 14.4 Å². The monoisotopic (exact) mass is 470 g/mol. The van der Waals surface area contributed by atoms with Crippen LogP contribution in [0.15, 0.2) is 33.6 Å². The molecular weight excluding hydrogens is 448 g/mol. The number of hydrogen-bond acceptors (Lipinski definition) is 7. The van der Waals surface area contributed by atoms with E-state index in [1.54, 1.807) is 19.1 Å². The third-order valence-electron chi connectivity index (χ3n) is 4.14. The quantitative estimate of drug-likeness (QED) is 0.662. The fraction of sp³-hybridized carbons (Fsp3) is 0.444. The highest BCUT2D eigenvalue weighted by Gasteiger charge is 2.21. The summed E-state index contributed by atoms with van der Waals surface area (Å²) in [5, 5.41) is 0. The van der Waals surface area contributed by atoms with E-state index in [9.17, 15) is 8.42 Å². The van der Waals surface area contributed by atoms with Crippen molar-refractivity contribution in [3.8, 4) is 5.75 Å². The molecule has 28 heavy (non-hydrogen) atoms. The SMILES string of the molecule is CCOc1ccc(Br)cc1S(=O)(=O)NCc1nc(C)cc(N2CCOCC2)n1. The van der Waals surface area contributed by atoms with Gasteiger partial charge in [-0.15, -0.1) is 0 Å². The molecule has 152 valence electrons. The standard InChI is InChI=1S/C18H23BrN4O4S/c1-3-27-15-5-4-14(19)11-16(15)28(24,25)20-12-17-21-13(2)10-18(22-17)23-6-8-26-9-7-23/h4-5,10-11,20H,3,6-9,12H2,1-2H3. The van der Waals surface area contributed by atoms with Crippen LogP contribution in [0.3, 0.4) is 0 Å². The summed E-state index contributed by atoms with van der Waals surface area (Å²) in [5.41, 5.74) is 0.781. The van der Waals surface area contributed by atoms with Gasteiger partial charge in [-0.3, -0.25) is 0 Å². The molecule has 0 radical (unpaired) electrons. The largest absolute Gasteiger partial charge is 0.492 e. The molecule has 0 aliphatic carbocycles. The van der Waals surface area contributed by atoms with Gasteiger partial charge in [-0.2, -0.15) is 0 Å². The first kappa shape index (κ1) is 21.0. The normalized spacial score (nSPS) is 14.9. The second kappa shape index (κ2) is 9.17. The van der Waals surface area contributed by atoms with Crippen molar-refractivity contribution >= 4 is 31.8 Å². The Kier molecular flexibility index (Phi) is 6.86. The molecule has 1 N–H and O–H groups in total. The number of anilines is 1. The van der Waals surface area contributed by atoms with Crippen LogP contribution in [-0.4, -0.2) is 51.3 Å². The lowest BCUT2D eigenvalue weighted by atomic mass is 10.3. The predicted octanol–water partition coefficient (Wildman–Crippen LogP) is 2.26. The molecule has 0 spiro atoms. The molecule has 2 aromatic rings. The Balaban J connectivity index is 1.79. The van der Waals surface area contributed by atoms with Crippen molar-refractivity contribution in [2.75, 3.05) is 37.8 Å². The maximum atomic E-state index is 12.8. The molecule has 8 nitrogen and oxygen atoms in total. The lowest BCUT2D eigenvalue weighted by Gasteiger charge is -2.28. The Hall–Kier alpha value is -1.75. The first-order valence-corrected chi connectivity index (χ1v) is 11.3. The molecule has 0 amide bonds. The highest BCUT2D eigenvalue weighted by atomic mass is 79.9. The Morgan fingerprint density at radius 3 is 2.71 bits per heavy atom. The minimum Gasteiger partial charge on any atom is -0.492 e. The number of aromatic nitrogens is 2. The number of morpholine rings is 1. The van der Waals surface area contributed by atoms with Gasteiger partial charge in [0.1, 0.15) is 22.3 Å². The average molecular weight is 471 g/mol. The van der Waals surface area contributed by atoms with Gasteiger partial charge in [-0.1, -0.05) is 15.9 Å². The molecule has 10 heteroatoms. The fourth-order valence-electron chi connectivity index (χ4n) is 2.85. The Morgan fingerprint density at radius 2 is 2.00 bits per heavy atom. The number of aryl methyl sites for hydroxylation is 1. The number of sulfonamides is 1. The van der Waals surface area contributed by atoms with Gasteiger partial charge in [0.25, 0.3) is 0 Å². The molecule has 1 saturated heterocycles. The van der Waals surface area contributed by atoms with Crippen LogP contribution < -0.4 is 14.4 Å². The molecular formula is C18H23BrN4O4S. The zero-order chi connectivity index (χ0) is 20.1. The number of benzene rings is 1. The van der Waals surface area contributed by atoms with Crippen molar-refractivity contribution in [3.05, 3.63) is 40.3 Å². The third kappa shape index (κ3) is 5.19. The fourth-order valence-corrected chi connectivity index (χ4v) is 4.51. The second-order valence-corrected chi connectivity index (χ2v) is 8.88. The van der Waals surface area contributed by atoms with E-state index in [1.165, 1.54) is 6.07 Å². The maximum Gasteiger partial charge on any atom is 0.244 e. The Labute approximate surface area is 173 Å². The molecule has 1 aromatic heterocycles. The first-order chi connectivity index (χ1) is 13.4. The van der Waals surface area contributed by atoms with Crippen molar-refractivity contribution in [1.29, 1.82) is 0 Å². The number of hydrogen-bond donors (Lipinski definition) is 1. The molecule has 0 atom stereocenters. The summed E-state index contributed by atoms with van der Waals surface area (Å²) >= 11 is 3.31. The second-order valence-electron chi connectivity index (χ2n) is 6.23. The van der Waals surface area contributed by atoms with Gasteiger partial charge in [-0.25, -0.2) is 23.1 Å². The Bertz CT molecular complexity index is 933. The maximum absolute atomic E-state index is 12.8. The highest BCUT2D eigenvalue weighted by Crippen LogP contribution is 2.27. The average Bonchev–Trinajstić information content (AvgIpc) is 2.68. The van der Waals surface area contributed by atoms with Crippen LogP contribution in [-0.2, 0) is 21.3 Å². The Morgan fingerprint density at radius 1 is 1.25 bits per heavy atom. The zero-order valence-corrected chi connectivity index (χ0v) is 18.2. The van der Waals surface area contributed by atoms with Crippen LogP contribution >= 0.6 is 15.9 Å². The number of ether oxygens (including phenoxy) is 2. The van der Waals surface area contributed by atoms with E-state index in [2.05, 4.69) is 35.5 Å².